The molecular weight excluding hydrogens is 262 g/mol. The molecule has 1 aliphatic heterocycles. The van der Waals surface area contributed by atoms with E-state index in [4.69, 9.17) is 14.2 Å². The van der Waals surface area contributed by atoms with Crippen LogP contribution in [0.5, 0.6) is 5.75 Å². The van der Waals surface area contributed by atoms with Gasteiger partial charge in [-0.3, -0.25) is 0 Å². The molecule has 0 radical (unpaired) electrons. The van der Waals surface area contributed by atoms with Gasteiger partial charge in [0, 0.05) is 5.56 Å². The van der Waals surface area contributed by atoms with Crippen LogP contribution in [0.15, 0.2) is 29.3 Å². The number of ether oxygens (including phenoxy) is 3. The third-order valence-corrected chi connectivity index (χ3v) is 2.92. The van der Waals surface area contributed by atoms with Crippen molar-refractivity contribution in [1.29, 1.82) is 0 Å². The molecule has 1 aromatic rings. The highest BCUT2D eigenvalue weighted by Gasteiger charge is 2.50. The molecule has 6 nitrogen and oxygen atoms in total. The number of rotatable bonds is 4. The fraction of sp³-hybridized carbons (Fsp3) is 0.357. The monoisotopic (exact) mass is 277 g/mol. The molecule has 0 unspecified atom stereocenters. The van der Waals surface area contributed by atoms with Gasteiger partial charge >= 0.3 is 11.9 Å². The van der Waals surface area contributed by atoms with Crippen LogP contribution in [0.3, 0.4) is 0 Å². The SMILES string of the molecule is CCOC(=O)[C@]1(C)N=C(c2ccc(OC)cc2)OC1=O. The summed E-state index contributed by atoms with van der Waals surface area (Å²) in [6.07, 6.45) is 0. The van der Waals surface area contributed by atoms with E-state index >= 15 is 0 Å². The van der Waals surface area contributed by atoms with Crippen LogP contribution in [-0.4, -0.2) is 37.1 Å². The minimum absolute atomic E-state index is 0.105. The van der Waals surface area contributed by atoms with Crippen molar-refractivity contribution in [1.82, 2.24) is 0 Å². The van der Waals surface area contributed by atoms with Crippen LogP contribution in [-0.2, 0) is 19.1 Å². The summed E-state index contributed by atoms with van der Waals surface area (Å²) in [4.78, 5) is 27.7. The molecule has 6 heteroatoms. The number of carbonyl (C=O) groups is 2. The lowest BCUT2D eigenvalue weighted by atomic mass is 10.1. The van der Waals surface area contributed by atoms with Crippen LogP contribution < -0.4 is 4.74 Å². The summed E-state index contributed by atoms with van der Waals surface area (Å²) in [6.45, 7) is 3.22. The van der Waals surface area contributed by atoms with Crippen molar-refractivity contribution in [2.24, 2.45) is 4.99 Å². The lowest BCUT2D eigenvalue weighted by molar-refractivity contribution is -0.156. The molecule has 0 saturated carbocycles. The van der Waals surface area contributed by atoms with E-state index in [-0.39, 0.29) is 12.5 Å². The van der Waals surface area contributed by atoms with Gasteiger partial charge in [-0.05, 0) is 38.1 Å². The Labute approximate surface area is 116 Å². The van der Waals surface area contributed by atoms with Crippen molar-refractivity contribution >= 4 is 17.8 Å². The molecular formula is C14H15NO5. The van der Waals surface area contributed by atoms with Crippen LogP contribution in [0.1, 0.15) is 19.4 Å². The standard InChI is InChI=1S/C14H15NO5/c1-4-19-12(16)14(2)13(17)20-11(15-14)9-5-7-10(18-3)8-6-9/h5-8H,4H2,1-3H3/t14-/m0/s1. The number of cyclic esters (lactones) is 1. The van der Waals surface area contributed by atoms with E-state index in [9.17, 15) is 9.59 Å². The normalized spacial score (nSPS) is 21.1. The number of nitrogens with zero attached hydrogens (tertiary/aromatic N) is 1. The summed E-state index contributed by atoms with van der Waals surface area (Å²) >= 11 is 0. The first-order valence-electron chi connectivity index (χ1n) is 6.15. The first-order valence-corrected chi connectivity index (χ1v) is 6.15. The largest absolute Gasteiger partial charge is 0.497 e. The van der Waals surface area contributed by atoms with Crippen molar-refractivity contribution in [3.63, 3.8) is 0 Å². The summed E-state index contributed by atoms with van der Waals surface area (Å²) in [5.74, 6) is -0.671. The van der Waals surface area contributed by atoms with Gasteiger partial charge in [-0.2, -0.15) is 0 Å². The van der Waals surface area contributed by atoms with Crippen molar-refractivity contribution in [3.8, 4) is 5.75 Å². The molecule has 0 aromatic heterocycles. The summed E-state index contributed by atoms with van der Waals surface area (Å²) in [7, 11) is 1.56. The van der Waals surface area contributed by atoms with Crippen molar-refractivity contribution in [2.45, 2.75) is 19.4 Å². The number of esters is 2. The second-order valence-electron chi connectivity index (χ2n) is 4.33. The molecule has 106 valence electrons. The minimum atomic E-state index is -1.63. The molecule has 0 amide bonds. The maximum absolute atomic E-state index is 11.9. The molecule has 1 heterocycles. The highest BCUT2D eigenvalue weighted by atomic mass is 16.6. The molecule has 1 atom stereocenters. The van der Waals surface area contributed by atoms with Gasteiger partial charge in [-0.25, -0.2) is 14.6 Å². The van der Waals surface area contributed by atoms with Crippen molar-refractivity contribution < 1.29 is 23.8 Å². The highest BCUT2D eigenvalue weighted by molar-refractivity contribution is 6.16. The Balaban J connectivity index is 2.29. The average molecular weight is 277 g/mol. The zero-order valence-corrected chi connectivity index (χ0v) is 11.5. The predicted molar refractivity (Wildman–Crippen MR) is 70.7 cm³/mol. The molecule has 0 spiro atoms. The van der Waals surface area contributed by atoms with Gasteiger partial charge in [0.2, 0.25) is 5.90 Å². The molecule has 0 aliphatic carbocycles. The number of hydrogen-bond donors (Lipinski definition) is 0. The van der Waals surface area contributed by atoms with Gasteiger partial charge in [0.1, 0.15) is 5.75 Å². The van der Waals surface area contributed by atoms with Crippen molar-refractivity contribution in [2.75, 3.05) is 13.7 Å². The number of carbonyl (C=O) groups excluding carboxylic acids is 2. The topological polar surface area (TPSA) is 74.2 Å². The average Bonchev–Trinajstić information content (AvgIpc) is 2.76. The number of aliphatic imine (C=N–C) groups is 1. The number of hydrogen-bond acceptors (Lipinski definition) is 6. The van der Waals surface area contributed by atoms with E-state index in [0.29, 0.717) is 11.3 Å². The van der Waals surface area contributed by atoms with Crippen LogP contribution in [0, 0.1) is 0 Å². The quantitative estimate of drug-likeness (QED) is 0.613. The van der Waals surface area contributed by atoms with Gasteiger partial charge in [0.05, 0.1) is 13.7 Å². The fourth-order valence-electron chi connectivity index (χ4n) is 1.72. The first kappa shape index (κ1) is 14.0. The molecule has 0 bridgehead atoms. The smallest absolute Gasteiger partial charge is 0.352 e. The van der Waals surface area contributed by atoms with E-state index in [1.807, 2.05) is 0 Å². The van der Waals surface area contributed by atoms with Crippen LogP contribution in [0.25, 0.3) is 0 Å². The number of methoxy groups -OCH3 is 1. The molecule has 0 N–H and O–H groups in total. The van der Waals surface area contributed by atoms with E-state index in [1.54, 1.807) is 38.3 Å². The molecule has 2 rings (SSSR count). The van der Waals surface area contributed by atoms with Crippen LogP contribution in [0.4, 0.5) is 0 Å². The third kappa shape index (κ3) is 2.36. The van der Waals surface area contributed by atoms with E-state index in [2.05, 4.69) is 4.99 Å². The van der Waals surface area contributed by atoms with Gasteiger partial charge in [0.25, 0.3) is 5.54 Å². The maximum Gasteiger partial charge on any atom is 0.352 e. The lowest BCUT2D eigenvalue weighted by Crippen LogP contribution is -2.40. The van der Waals surface area contributed by atoms with Gasteiger partial charge < -0.3 is 14.2 Å². The summed E-state index contributed by atoms with van der Waals surface area (Å²) in [5, 5.41) is 0. The number of benzene rings is 1. The summed E-state index contributed by atoms with van der Waals surface area (Å²) < 4.78 is 15.0. The highest BCUT2D eigenvalue weighted by Crippen LogP contribution is 2.25. The minimum Gasteiger partial charge on any atom is -0.497 e. The second kappa shape index (κ2) is 5.32. The first-order chi connectivity index (χ1) is 9.51. The molecule has 20 heavy (non-hydrogen) atoms. The van der Waals surface area contributed by atoms with E-state index in [1.165, 1.54) is 6.92 Å². The zero-order valence-electron chi connectivity index (χ0n) is 11.5. The van der Waals surface area contributed by atoms with Gasteiger partial charge in [0.15, 0.2) is 0 Å². The molecule has 0 fully saturated rings. The molecule has 1 aromatic carbocycles. The van der Waals surface area contributed by atoms with Gasteiger partial charge in [-0.1, -0.05) is 0 Å². The van der Waals surface area contributed by atoms with Crippen LogP contribution >= 0.6 is 0 Å². The zero-order chi connectivity index (χ0) is 14.8. The van der Waals surface area contributed by atoms with E-state index in [0.717, 1.165) is 0 Å². The predicted octanol–water partition coefficient (Wildman–Crippen LogP) is 1.32. The Morgan fingerprint density at radius 2 is 2.00 bits per heavy atom. The molecule has 0 saturated heterocycles. The fourth-order valence-corrected chi connectivity index (χ4v) is 1.72. The summed E-state index contributed by atoms with van der Waals surface area (Å²) in [6, 6.07) is 6.82. The Bertz CT molecular complexity index is 563. The Hall–Kier alpha value is -2.37. The van der Waals surface area contributed by atoms with Gasteiger partial charge in [-0.15, -0.1) is 0 Å². The third-order valence-electron chi connectivity index (χ3n) is 2.92. The second-order valence-corrected chi connectivity index (χ2v) is 4.33. The van der Waals surface area contributed by atoms with Crippen LogP contribution in [0.2, 0.25) is 0 Å². The van der Waals surface area contributed by atoms with E-state index < -0.39 is 17.5 Å². The Morgan fingerprint density at radius 3 is 2.55 bits per heavy atom. The maximum atomic E-state index is 11.9. The molecule has 1 aliphatic rings. The lowest BCUT2D eigenvalue weighted by Gasteiger charge is -2.13. The Kier molecular flexibility index (Phi) is 3.74. The Morgan fingerprint density at radius 1 is 1.35 bits per heavy atom. The van der Waals surface area contributed by atoms with Crippen molar-refractivity contribution in [3.05, 3.63) is 29.8 Å². The summed E-state index contributed by atoms with van der Waals surface area (Å²) in [5.41, 5.74) is -1.04.